The fourth-order valence-corrected chi connectivity index (χ4v) is 8.85. The van der Waals surface area contributed by atoms with Gasteiger partial charge in [0, 0.05) is 14.7 Å². The lowest BCUT2D eigenvalue weighted by Crippen LogP contribution is -2.17. The van der Waals surface area contributed by atoms with Crippen molar-refractivity contribution in [3.8, 4) is 0 Å². The van der Waals surface area contributed by atoms with Gasteiger partial charge in [0.05, 0.1) is 0 Å². The van der Waals surface area contributed by atoms with E-state index in [1.54, 1.807) is 0 Å². The van der Waals surface area contributed by atoms with Crippen molar-refractivity contribution in [2.75, 3.05) is 6.01 Å². The molecule has 0 aliphatic rings. The van der Waals surface area contributed by atoms with Gasteiger partial charge in [-0.1, -0.05) is 98.7 Å². The van der Waals surface area contributed by atoms with Crippen LogP contribution < -0.4 is 0 Å². The van der Waals surface area contributed by atoms with E-state index in [1.165, 1.54) is 0 Å². The Morgan fingerprint density at radius 3 is 0.973 bits per heavy atom. The van der Waals surface area contributed by atoms with Crippen LogP contribution in [-0.4, -0.2) is 14.4 Å². The summed E-state index contributed by atoms with van der Waals surface area (Å²) in [5.41, 5.74) is 3.11. The lowest BCUT2D eigenvalue weighted by atomic mass is 9.87. The summed E-state index contributed by atoms with van der Waals surface area (Å²) in [5, 5.41) is 0. The molecule has 0 aliphatic heterocycles. The molecule has 37 heavy (non-hydrogen) atoms. The molecule has 3 aromatic carbocycles. The summed E-state index contributed by atoms with van der Waals surface area (Å²) in [6.45, 7) is 19.1. The predicted molar refractivity (Wildman–Crippen MR) is 154 cm³/mol. The topological polar surface area (TPSA) is 43.4 Å². The van der Waals surface area contributed by atoms with Crippen LogP contribution in [0.5, 0.6) is 0 Å². The maximum Gasteiger partial charge on any atom is 0.307 e. The average molecular weight is 545 g/mol. The number of benzene rings is 3. The predicted octanol–water partition coefficient (Wildman–Crippen LogP) is 9.05. The van der Waals surface area contributed by atoms with Gasteiger partial charge >= 0.3 is 10.1 Å². The molecule has 0 fully saturated rings. The number of hydrogen-bond acceptors (Lipinski definition) is 3. The number of halogens is 1. The molecule has 0 atom stereocenters. The second-order valence-corrected chi connectivity index (χ2v) is 17.0. The molecule has 0 heterocycles. The smallest absolute Gasteiger partial charge is 0.231 e. The van der Waals surface area contributed by atoms with Gasteiger partial charge in [0.25, 0.3) is 0 Å². The molecular weight excluding hydrogens is 503 g/mol. The first-order chi connectivity index (χ1) is 16.9. The lowest BCUT2D eigenvalue weighted by Gasteiger charge is -2.40. The van der Waals surface area contributed by atoms with Gasteiger partial charge in [0.2, 0.25) is 6.01 Å². The summed E-state index contributed by atoms with van der Waals surface area (Å²) in [4.78, 5) is 2.10. The Bertz CT molecular complexity index is 1170. The van der Waals surface area contributed by atoms with Gasteiger partial charge in [-0.2, -0.15) is 8.42 Å². The van der Waals surface area contributed by atoms with Crippen molar-refractivity contribution in [1.29, 1.82) is 0 Å². The SMILES string of the molecule is CC(C)(C)c1ccc(S(OS(=O)(=O)CF)(c2ccc(C(C)(C)C)cc2)c2ccc(C(C)(C)C)cc2)cc1. The Morgan fingerprint density at radius 1 is 0.541 bits per heavy atom. The van der Waals surface area contributed by atoms with Crippen molar-refractivity contribution in [3.05, 3.63) is 89.5 Å². The minimum Gasteiger partial charge on any atom is -0.231 e. The Labute approximate surface area is 225 Å². The third-order valence-electron chi connectivity index (χ3n) is 6.50. The van der Waals surface area contributed by atoms with Gasteiger partial charge in [0.15, 0.2) is 0 Å². The number of hydrogen-bond donors (Lipinski definition) is 0. The van der Waals surface area contributed by atoms with Crippen molar-refractivity contribution in [2.24, 2.45) is 0 Å². The van der Waals surface area contributed by atoms with Gasteiger partial charge in [-0.05, 0) is 79.6 Å². The van der Waals surface area contributed by atoms with Crippen molar-refractivity contribution >= 4 is 20.4 Å². The van der Waals surface area contributed by atoms with Crippen LogP contribution in [0.15, 0.2) is 87.5 Å². The second kappa shape index (κ2) is 10.2. The van der Waals surface area contributed by atoms with E-state index in [1.807, 2.05) is 72.8 Å². The van der Waals surface area contributed by atoms with Crippen LogP contribution in [0, 0.1) is 0 Å². The molecule has 0 saturated heterocycles. The molecule has 0 aromatic heterocycles. The van der Waals surface area contributed by atoms with Gasteiger partial charge < -0.3 is 0 Å². The Balaban J connectivity index is 2.38. The Kier molecular flexibility index (Phi) is 8.10. The third-order valence-corrected chi connectivity index (χ3v) is 11.2. The molecule has 3 aromatic rings. The quantitative estimate of drug-likeness (QED) is 0.311. The highest BCUT2D eigenvalue weighted by atomic mass is 32.3. The van der Waals surface area contributed by atoms with E-state index in [4.69, 9.17) is 3.63 Å². The van der Waals surface area contributed by atoms with Gasteiger partial charge in [0.1, 0.15) is 0 Å². The Hall–Kier alpha value is -2.15. The van der Waals surface area contributed by atoms with Crippen molar-refractivity contribution in [1.82, 2.24) is 0 Å². The second-order valence-electron chi connectivity index (χ2n) is 12.6. The van der Waals surface area contributed by atoms with E-state index in [-0.39, 0.29) is 16.2 Å². The highest BCUT2D eigenvalue weighted by Gasteiger charge is 2.38. The van der Waals surface area contributed by atoms with Gasteiger partial charge in [-0.25, -0.2) is 8.02 Å². The van der Waals surface area contributed by atoms with Crippen LogP contribution >= 0.6 is 10.3 Å². The van der Waals surface area contributed by atoms with E-state index in [9.17, 15) is 12.8 Å². The third kappa shape index (κ3) is 6.47. The minimum atomic E-state index is -4.47. The first-order valence-electron chi connectivity index (χ1n) is 12.5. The first kappa shape index (κ1) is 29.4. The molecule has 0 aliphatic carbocycles. The maximum absolute atomic E-state index is 13.8. The van der Waals surface area contributed by atoms with Gasteiger partial charge in [-0.3, -0.25) is 0 Å². The minimum absolute atomic E-state index is 0.0783. The molecule has 0 spiro atoms. The largest absolute Gasteiger partial charge is 0.307 e. The molecule has 0 unspecified atom stereocenters. The van der Waals surface area contributed by atoms with Crippen LogP contribution in [0.25, 0.3) is 0 Å². The number of alkyl halides is 1. The van der Waals surface area contributed by atoms with E-state index < -0.39 is 26.4 Å². The summed E-state index contributed by atoms with van der Waals surface area (Å²) in [6, 6.07) is 22.0. The first-order valence-corrected chi connectivity index (χ1v) is 15.7. The van der Waals surface area contributed by atoms with Crippen LogP contribution in [0.1, 0.15) is 79.0 Å². The maximum atomic E-state index is 13.8. The van der Waals surface area contributed by atoms with E-state index in [0.29, 0.717) is 14.7 Å². The highest BCUT2D eigenvalue weighted by molar-refractivity contribution is 8.33. The lowest BCUT2D eigenvalue weighted by molar-refractivity contribution is 0.467. The Morgan fingerprint density at radius 2 is 0.784 bits per heavy atom. The van der Waals surface area contributed by atoms with Crippen LogP contribution in [-0.2, 0) is 30.0 Å². The standard InChI is InChI=1S/C31H41FO3S2/c1-29(2,3)23-10-16-26(17-11-23)37(35-36(33,34)22-32,27-18-12-24(13-19-27)30(4,5)6)28-20-14-25(15-21-28)31(7,8)9/h10-21H,22H2,1-9H3. The molecule has 202 valence electrons. The van der Waals surface area contributed by atoms with Crippen molar-refractivity contribution in [3.63, 3.8) is 0 Å². The zero-order valence-electron chi connectivity index (χ0n) is 23.6. The molecular formula is C31H41FO3S2. The van der Waals surface area contributed by atoms with E-state index in [0.717, 1.165) is 16.7 Å². The molecule has 0 radical (unpaired) electrons. The summed E-state index contributed by atoms with van der Waals surface area (Å²) < 4.78 is 45.5. The van der Waals surface area contributed by atoms with Crippen LogP contribution in [0.2, 0.25) is 0 Å². The zero-order valence-corrected chi connectivity index (χ0v) is 25.2. The van der Waals surface area contributed by atoms with Crippen molar-refractivity contribution in [2.45, 2.75) is 93.2 Å². The van der Waals surface area contributed by atoms with E-state index >= 15 is 0 Å². The van der Waals surface area contributed by atoms with Crippen LogP contribution in [0.3, 0.4) is 0 Å². The molecule has 0 amide bonds. The van der Waals surface area contributed by atoms with Crippen molar-refractivity contribution < 1.29 is 16.4 Å². The molecule has 6 heteroatoms. The normalized spacial score (nSPS) is 14.0. The molecule has 3 nitrogen and oxygen atoms in total. The summed E-state index contributed by atoms with van der Waals surface area (Å²) in [5.74, 6) is 0. The molecule has 0 bridgehead atoms. The van der Waals surface area contributed by atoms with Gasteiger partial charge in [-0.15, -0.1) is 0 Å². The van der Waals surface area contributed by atoms with Crippen LogP contribution in [0.4, 0.5) is 4.39 Å². The fourth-order valence-electron chi connectivity index (χ4n) is 4.14. The number of rotatable bonds is 6. The summed E-state index contributed by atoms with van der Waals surface area (Å²) in [6.07, 6.45) is 0. The monoisotopic (exact) mass is 544 g/mol. The average Bonchev–Trinajstić information content (AvgIpc) is 2.81. The zero-order chi connectivity index (χ0) is 27.9. The summed E-state index contributed by atoms with van der Waals surface area (Å²) >= 11 is 0. The molecule has 0 saturated carbocycles. The van der Waals surface area contributed by atoms with E-state index in [2.05, 4.69) is 62.3 Å². The highest BCUT2D eigenvalue weighted by Crippen LogP contribution is 2.70. The molecule has 0 N–H and O–H groups in total. The molecule has 3 rings (SSSR count). The fraction of sp³-hybridized carbons (Fsp3) is 0.419. The summed E-state index contributed by atoms with van der Waals surface area (Å²) in [7, 11) is -7.28.